The molecular weight excluding hydrogens is 158 g/mol. The van der Waals surface area contributed by atoms with Crippen molar-refractivity contribution in [2.45, 2.75) is 45.1 Å². The highest BCUT2D eigenvalue weighted by Gasteiger charge is 2.40. The van der Waals surface area contributed by atoms with E-state index in [1.165, 1.54) is 38.6 Å². The summed E-state index contributed by atoms with van der Waals surface area (Å²) in [6, 6.07) is 0.820. The van der Waals surface area contributed by atoms with Gasteiger partial charge >= 0.3 is 0 Å². The van der Waals surface area contributed by atoms with E-state index in [1.54, 1.807) is 0 Å². The Morgan fingerprint density at radius 2 is 2.31 bits per heavy atom. The molecule has 0 saturated heterocycles. The second-order valence-electron chi connectivity index (χ2n) is 4.50. The van der Waals surface area contributed by atoms with Crippen LogP contribution in [0.2, 0.25) is 0 Å². The average molecular weight is 179 g/mol. The van der Waals surface area contributed by atoms with Crippen LogP contribution in [-0.4, -0.2) is 12.6 Å². The summed E-state index contributed by atoms with van der Waals surface area (Å²) in [5, 5.41) is 3.67. The molecule has 74 valence electrons. The maximum atomic E-state index is 3.67. The molecule has 0 aromatic heterocycles. The largest absolute Gasteiger partial charge is 0.313 e. The van der Waals surface area contributed by atoms with Crippen LogP contribution in [0, 0.1) is 11.8 Å². The normalized spacial score (nSPS) is 35.9. The minimum absolute atomic E-state index is 0.820. The standard InChI is InChI=1S/C12H21N/c1-2-3-4-8-13-12-9-10-6-5-7-11(10)12/h5,7,10-13H,2-4,6,8-9H2,1H3. The zero-order valence-corrected chi connectivity index (χ0v) is 8.63. The van der Waals surface area contributed by atoms with Crippen molar-refractivity contribution in [3.63, 3.8) is 0 Å². The van der Waals surface area contributed by atoms with Crippen LogP contribution in [0.1, 0.15) is 39.0 Å². The summed E-state index contributed by atoms with van der Waals surface area (Å²) >= 11 is 0. The monoisotopic (exact) mass is 179 g/mol. The highest BCUT2D eigenvalue weighted by molar-refractivity contribution is 5.12. The quantitative estimate of drug-likeness (QED) is 0.505. The van der Waals surface area contributed by atoms with Crippen LogP contribution in [0.25, 0.3) is 0 Å². The van der Waals surface area contributed by atoms with Crippen molar-refractivity contribution in [2.75, 3.05) is 6.54 Å². The zero-order chi connectivity index (χ0) is 9.10. The Morgan fingerprint density at radius 3 is 3.08 bits per heavy atom. The first-order valence-electron chi connectivity index (χ1n) is 5.82. The summed E-state index contributed by atoms with van der Waals surface area (Å²) in [4.78, 5) is 0. The lowest BCUT2D eigenvalue weighted by atomic mass is 9.71. The number of hydrogen-bond donors (Lipinski definition) is 1. The van der Waals surface area contributed by atoms with Gasteiger partial charge in [-0.2, -0.15) is 0 Å². The van der Waals surface area contributed by atoms with Crippen molar-refractivity contribution in [1.82, 2.24) is 5.32 Å². The van der Waals surface area contributed by atoms with Gasteiger partial charge in [-0.05, 0) is 37.6 Å². The van der Waals surface area contributed by atoms with Crippen molar-refractivity contribution >= 4 is 0 Å². The van der Waals surface area contributed by atoms with Gasteiger partial charge in [-0.3, -0.25) is 0 Å². The van der Waals surface area contributed by atoms with Gasteiger partial charge in [0.05, 0.1) is 0 Å². The molecule has 0 aromatic carbocycles. The van der Waals surface area contributed by atoms with E-state index < -0.39 is 0 Å². The second kappa shape index (κ2) is 4.28. The fourth-order valence-electron chi connectivity index (χ4n) is 2.61. The lowest BCUT2D eigenvalue weighted by Gasteiger charge is -2.40. The smallest absolute Gasteiger partial charge is 0.0136 e. The number of fused-ring (bicyclic) bond motifs is 1. The Bertz CT molecular complexity index is 186. The van der Waals surface area contributed by atoms with Gasteiger partial charge in [-0.25, -0.2) is 0 Å². The summed E-state index contributed by atoms with van der Waals surface area (Å²) in [5.74, 6) is 1.89. The van der Waals surface area contributed by atoms with Crippen molar-refractivity contribution in [3.05, 3.63) is 12.2 Å². The molecule has 0 aliphatic heterocycles. The SMILES string of the molecule is CCCCCNC1CC2CC=CC21. The van der Waals surface area contributed by atoms with E-state index in [2.05, 4.69) is 24.4 Å². The molecule has 3 atom stereocenters. The summed E-state index contributed by atoms with van der Waals surface area (Å²) in [7, 11) is 0. The average Bonchev–Trinajstić information content (AvgIpc) is 2.47. The van der Waals surface area contributed by atoms with Crippen molar-refractivity contribution in [2.24, 2.45) is 11.8 Å². The molecule has 2 aliphatic carbocycles. The Morgan fingerprint density at radius 1 is 1.38 bits per heavy atom. The van der Waals surface area contributed by atoms with Gasteiger partial charge in [-0.1, -0.05) is 31.9 Å². The number of allylic oxidation sites excluding steroid dienone is 1. The van der Waals surface area contributed by atoms with Crippen molar-refractivity contribution in [1.29, 1.82) is 0 Å². The molecule has 1 heteroatoms. The molecule has 0 amide bonds. The summed E-state index contributed by atoms with van der Waals surface area (Å²) < 4.78 is 0. The minimum atomic E-state index is 0.820. The number of unbranched alkanes of at least 4 members (excludes halogenated alkanes) is 2. The fraction of sp³-hybridized carbons (Fsp3) is 0.833. The topological polar surface area (TPSA) is 12.0 Å². The van der Waals surface area contributed by atoms with Crippen molar-refractivity contribution < 1.29 is 0 Å². The highest BCUT2D eigenvalue weighted by Crippen LogP contribution is 2.42. The van der Waals surface area contributed by atoms with Gasteiger partial charge in [0.2, 0.25) is 0 Å². The third-order valence-electron chi connectivity index (χ3n) is 3.55. The minimum Gasteiger partial charge on any atom is -0.313 e. The molecule has 1 nitrogen and oxygen atoms in total. The number of rotatable bonds is 5. The molecule has 0 heterocycles. The molecule has 2 aliphatic rings. The molecular formula is C12H21N. The molecule has 1 saturated carbocycles. The maximum Gasteiger partial charge on any atom is 0.0136 e. The van der Waals surface area contributed by atoms with Crippen LogP contribution in [0.3, 0.4) is 0 Å². The molecule has 0 aromatic rings. The molecule has 0 spiro atoms. The summed E-state index contributed by atoms with van der Waals surface area (Å²) in [6.07, 6.45) is 11.6. The fourth-order valence-corrected chi connectivity index (χ4v) is 2.61. The molecule has 1 N–H and O–H groups in total. The maximum absolute atomic E-state index is 3.67. The second-order valence-corrected chi connectivity index (χ2v) is 4.50. The van der Waals surface area contributed by atoms with Crippen LogP contribution >= 0.6 is 0 Å². The van der Waals surface area contributed by atoms with E-state index in [0.717, 1.165) is 17.9 Å². The van der Waals surface area contributed by atoms with E-state index in [4.69, 9.17) is 0 Å². The third-order valence-corrected chi connectivity index (χ3v) is 3.55. The van der Waals surface area contributed by atoms with Crippen LogP contribution in [0.15, 0.2) is 12.2 Å². The number of hydrogen-bond acceptors (Lipinski definition) is 1. The van der Waals surface area contributed by atoms with E-state index in [1.807, 2.05) is 0 Å². The lowest BCUT2D eigenvalue weighted by molar-refractivity contribution is 0.163. The Labute approximate surface area is 81.6 Å². The lowest BCUT2D eigenvalue weighted by Crippen LogP contribution is -2.48. The van der Waals surface area contributed by atoms with Gasteiger partial charge in [0.1, 0.15) is 0 Å². The van der Waals surface area contributed by atoms with Gasteiger partial charge in [0.25, 0.3) is 0 Å². The predicted molar refractivity (Wildman–Crippen MR) is 56.7 cm³/mol. The van der Waals surface area contributed by atoms with Crippen LogP contribution < -0.4 is 5.32 Å². The van der Waals surface area contributed by atoms with Crippen LogP contribution in [0.5, 0.6) is 0 Å². The zero-order valence-electron chi connectivity index (χ0n) is 8.63. The van der Waals surface area contributed by atoms with Gasteiger partial charge in [0.15, 0.2) is 0 Å². The Balaban J connectivity index is 1.59. The highest BCUT2D eigenvalue weighted by atomic mass is 14.9. The number of nitrogens with one attached hydrogen (secondary N) is 1. The molecule has 0 bridgehead atoms. The Hall–Kier alpha value is -0.300. The van der Waals surface area contributed by atoms with Gasteiger partial charge in [-0.15, -0.1) is 0 Å². The summed E-state index contributed by atoms with van der Waals surface area (Å²) in [6.45, 7) is 3.49. The Kier molecular flexibility index (Phi) is 3.05. The molecule has 0 radical (unpaired) electrons. The molecule has 3 unspecified atom stereocenters. The van der Waals surface area contributed by atoms with Crippen LogP contribution in [0.4, 0.5) is 0 Å². The molecule has 1 fully saturated rings. The van der Waals surface area contributed by atoms with E-state index in [9.17, 15) is 0 Å². The first-order chi connectivity index (χ1) is 6.42. The van der Waals surface area contributed by atoms with E-state index in [-0.39, 0.29) is 0 Å². The molecule has 2 rings (SSSR count). The van der Waals surface area contributed by atoms with Gasteiger partial charge < -0.3 is 5.32 Å². The van der Waals surface area contributed by atoms with Crippen molar-refractivity contribution in [3.8, 4) is 0 Å². The van der Waals surface area contributed by atoms with Crippen LogP contribution in [-0.2, 0) is 0 Å². The first kappa shape index (κ1) is 9.26. The molecule has 13 heavy (non-hydrogen) atoms. The summed E-state index contributed by atoms with van der Waals surface area (Å²) in [5.41, 5.74) is 0. The first-order valence-corrected chi connectivity index (χ1v) is 5.82. The third kappa shape index (κ3) is 1.96. The predicted octanol–water partition coefficient (Wildman–Crippen LogP) is 2.73. The van der Waals surface area contributed by atoms with E-state index in [0.29, 0.717) is 0 Å². The van der Waals surface area contributed by atoms with Gasteiger partial charge in [0, 0.05) is 6.04 Å². The van der Waals surface area contributed by atoms with E-state index >= 15 is 0 Å².